The van der Waals surface area contributed by atoms with Crippen LogP contribution in [0, 0.1) is 10.1 Å². The standard InChI is InChI=1S/C16H23N3O4/c1-23-15-8-7-13(19(21)22)11-14(15)17-16(20)12-18-9-5-3-2-4-6-10-18/h7-8,11H,2-6,9-10,12H2,1H3,(H,17,20). The van der Waals surface area contributed by atoms with Crippen molar-refractivity contribution in [2.45, 2.75) is 32.1 Å². The molecule has 0 radical (unpaired) electrons. The molecule has 0 aromatic heterocycles. The second kappa shape index (κ2) is 8.47. The minimum Gasteiger partial charge on any atom is -0.495 e. The third-order valence-corrected chi connectivity index (χ3v) is 3.98. The molecule has 7 nitrogen and oxygen atoms in total. The number of non-ortho nitro benzene ring substituents is 1. The van der Waals surface area contributed by atoms with Crippen LogP contribution in [0.4, 0.5) is 11.4 Å². The van der Waals surface area contributed by atoms with Crippen LogP contribution in [-0.2, 0) is 4.79 Å². The van der Waals surface area contributed by atoms with Crippen molar-refractivity contribution in [1.82, 2.24) is 4.90 Å². The van der Waals surface area contributed by atoms with Gasteiger partial charge in [-0.25, -0.2) is 0 Å². The number of anilines is 1. The van der Waals surface area contributed by atoms with Crippen molar-refractivity contribution in [1.29, 1.82) is 0 Å². The Morgan fingerprint density at radius 2 is 1.91 bits per heavy atom. The van der Waals surface area contributed by atoms with Gasteiger partial charge >= 0.3 is 0 Å². The van der Waals surface area contributed by atoms with Crippen LogP contribution in [0.1, 0.15) is 32.1 Å². The van der Waals surface area contributed by atoms with Crippen LogP contribution in [0.25, 0.3) is 0 Å². The number of amides is 1. The maximum absolute atomic E-state index is 12.2. The maximum Gasteiger partial charge on any atom is 0.271 e. The summed E-state index contributed by atoms with van der Waals surface area (Å²) in [6.45, 7) is 2.13. The number of nitro groups is 1. The molecule has 1 heterocycles. The van der Waals surface area contributed by atoms with Crippen LogP contribution in [0.3, 0.4) is 0 Å². The number of methoxy groups -OCH3 is 1. The fraction of sp³-hybridized carbons (Fsp3) is 0.562. The molecule has 0 bridgehead atoms. The molecular formula is C16H23N3O4. The Balaban J connectivity index is 2.00. The number of nitro benzene ring substituents is 1. The Kier molecular flexibility index (Phi) is 6.34. The average molecular weight is 321 g/mol. The van der Waals surface area contributed by atoms with Gasteiger partial charge in [0, 0.05) is 12.1 Å². The zero-order valence-corrected chi connectivity index (χ0v) is 13.4. The molecule has 1 amide bonds. The van der Waals surface area contributed by atoms with Gasteiger partial charge in [0.1, 0.15) is 5.75 Å². The molecule has 1 aromatic carbocycles. The van der Waals surface area contributed by atoms with Crippen molar-refractivity contribution in [3.63, 3.8) is 0 Å². The lowest BCUT2D eigenvalue weighted by Crippen LogP contribution is -2.35. The first-order valence-electron chi connectivity index (χ1n) is 7.95. The van der Waals surface area contributed by atoms with Gasteiger partial charge in [0.15, 0.2) is 0 Å². The van der Waals surface area contributed by atoms with Gasteiger partial charge in [0.05, 0.1) is 24.3 Å². The Morgan fingerprint density at radius 1 is 1.26 bits per heavy atom. The van der Waals surface area contributed by atoms with Crippen LogP contribution < -0.4 is 10.1 Å². The van der Waals surface area contributed by atoms with E-state index in [1.165, 1.54) is 44.6 Å². The Morgan fingerprint density at radius 3 is 2.52 bits per heavy atom. The second-order valence-corrected chi connectivity index (χ2v) is 5.73. The van der Waals surface area contributed by atoms with Gasteiger partial charge in [0.2, 0.25) is 5.91 Å². The number of nitrogens with zero attached hydrogens (tertiary/aromatic N) is 2. The number of rotatable bonds is 5. The number of hydrogen-bond donors (Lipinski definition) is 1. The predicted molar refractivity (Wildman–Crippen MR) is 87.8 cm³/mol. The topological polar surface area (TPSA) is 84.7 Å². The highest BCUT2D eigenvalue weighted by atomic mass is 16.6. The fourth-order valence-corrected chi connectivity index (χ4v) is 2.77. The first-order chi connectivity index (χ1) is 11.1. The number of carbonyl (C=O) groups is 1. The molecule has 1 N–H and O–H groups in total. The molecule has 1 saturated heterocycles. The van der Waals surface area contributed by atoms with E-state index in [0.717, 1.165) is 25.9 Å². The van der Waals surface area contributed by atoms with Crippen molar-refractivity contribution in [2.75, 3.05) is 32.1 Å². The molecule has 0 saturated carbocycles. The Labute approximate surface area is 135 Å². The van der Waals surface area contributed by atoms with Crippen LogP contribution in [0.15, 0.2) is 18.2 Å². The molecule has 126 valence electrons. The van der Waals surface area contributed by atoms with Crippen LogP contribution >= 0.6 is 0 Å². The first-order valence-corrected chi connectivity index (χ1v) is 7.95. The van der Waals surface area contributed by atoms with Crippen molar-refractivity contribution in [3.8, 4) is 5.75 Å². The molecule has 0 unspecified atom stereocenters. The number of hydrogen-bond acceptors (Lipinski definition) is 5. The maximum atomic E-state index is 12.2. The smallest absolute Gasteiger partial charge is 0.271 e. The van der Waals surface area contributed by atoms with E-state index in [0.29, 0.717) is 18.0 Å². The normalized spacial score (nSPS) is 16.2. The van der Waals surface area contributed by atoms with E-state index in [1.54, 1.807) is 0 Å². The molecule has 23 heavy (non-hydrogen) atoms. The Hall–Kier alpha value is -2.15. The summed E-state index contributed by atoms with van der Waals surface area (Å²) in [7, 11) is 1.47. The summed E-state index contributed by atoms with van der Waals surface area (Å²) < 4.78 is 5.16. The molecule has 1 aliphatic rings. The van der Waals surface area contributed by atoms with Crippen LogP contribution in [0.5, 0.6) is 5.75 Å². The third kappa shape index (κ3) is 5.21. The van der Waals surface area contributed by atoms with E-state index >= 15 is 0 Å². The number of likely N-dealkylation sites (tertiary alicyclic amines) is 1. The van der Waals surface area contributed by atoms with Crippen molar-refractivity contribution in [2.24, 2.45) is 0 Å². The van der Waals surface area contributed by atoms with Crippen LogP contribution in [0.2, 0.25) is 0 Å². The number of carbonyl (C=O) groups excluding carboxylic acids is 1. The predicted octanol–water partition coefficient (Wildman–Crippen LogP) is 2.81. The highest BCUT2D eigenvalue weighted by Crippen LogP contribution is 2.28. The summed E-state index contributed by atoms with van der Waals surface area (Å²) in [5.41, 5.74) is 0.256. The lowest BCUT2D eigenvalue weighted by atomic mass is 10.1. The monoisotopic (exact) mass is 321 g/mol. The van der Waals surface area contributed by atoms with E-state index < -0.39 is 4.92 Å². The van der Waals surface area contributed by atoms with Crippen molar-refractivity contribution >= 4 is 17.3 Å². The summed E-state index contributed by atoms with van der Waals surface area (Å²) in [5.74, 6) is 0.237. The van der Waals surface area contributed by atoms with Gasteiger partial charge in [-0.3, -0.25) is 19.8 Å². The lowest BCUT2D eigenvalue weighted by Gasteiger charge is -2.23. The van der Waals surface area contributed by atoms with Gasteiger partial charge in [0.25, 0.3) is 5.69 Å². The van der Waals surface area contributed by atoms with E-state index in [4.69, 9.17) is 4.74 Å². The summed E-state index contributed by atoms with van der Waals surface area (Å²) in [4.78, 5) is 24.8. The number of benzene rings is 1. The molecule has 0 aliphatic carbocycles. The van der Waals surface area contributed by atoms with Gasteiger partial charge in [-0.15, -0.1) is 0 Å². The van der Waals surface area contributed by atoms with E-state index in [2.05, 4.69) is 10.2 Å². The quantitative estimate of drug-likeness (QED) is 0.666. The van der Waals surface area contributed by atoms with E-state index in [-0.39, 0.29) is 11.6 Å². The average Bonchev–Trinajstić information content (AvgIpc) is 2.49. The summed E-state index contributed by atoms with van der Waals surface area (Å²) in [6, 6.07) is 4.17. The SMILES string of the molecule is COc1ccc([N+](=O)[O-])cc1NC(=O)CN1CCCCCCC1. The minimum atomic E-state index is -0.493. The molecule has 1 fully saturated rings. The minimum absolute atomic E-state index is 0.0765. The zero-order valence-electron chi connectivity index (χ0n) is 13.4. The number of nitrogens with one attached hydrogen (secondary N) is 1. The van der Waals surface area contributed by atoms with E-state index in [1.807, 2.05) is 0 Å². The van der Waals surface area contributed by atoms with Gasteiger partial charge in [-0.2, -0.15) is 0 Å². The van der Waals surface area contributed by atoms with E-state index in [9.17, 15) is 14.9 Å². The molecule has 7 heteroatoms. The zero-order chi connectivity index (χ0) is 16.7. The van der Waals surface area contributed by atoms with Gasteiger partial charge < -0.3 is 10.1 Å². The van der Waals surface area contributed by atoms with Gasteiger partial charge in [-0.1, -0.05) is 19.3 Å². The fourth-order valence-electron chi connectivity index (χ4n) is 2.77. The molecular weight excluding hydrogens is 298 g/mol. The third-order valence-electron chi connectivity index (χ3n) is 3.98. The molecule has 1 aliphatic heterocycles. The highest BCUT2D eigenvalue weighted by molar-refractivity contribution is 5.94. The summed E-state index contributed by atoms with van der Waals surface area (Å²) in [6.07, 6.45) is 5.89. The molecule has 2 rings (SSSR count). The van der Waals surface area contributed by atoms with Crippen molar-refractivity contribution < 1.29 is 14.5 Å². The number of ether oxygens (including phenoxy) is 1. The Bertz CT molecular complexity index is 554. The second-order valence-electron chi connectivity index (χ2n) is 5.73. The highest BCUT2D eigenvalue weighted by Gasteiger charge is 2.16. The molecule has 0 atom stereocenters. The summed E-state index contributed by atoms with van der Waals surface area (Å²) in [5, 5.41) is 13.6. The first kappa shape index (κ1) is 17.2. The van der Waals surface area contributed by atoms with Gasteiger partial charge in [-0.05, 0) is 32.0 Å². The lowest BCUT2D eigenvalue weighted by molar-refractivity contribution is -0.384. The summed E-state index contributed by atoms with van der Waals surface area (Å²) >= 11 is 0. The molecule has 0 spiro atoms. The van der Waals surface area contributed by atoms with Crippen LogP contribution in [-0.4, -0.2) is 42.5 Å². The molecule has 1 aromatic rings. The largest absolute Gasteiger partial charge is 0.495 e. The van der Waals surface area contributed by atoms with Crippen molar-refractivity contribution in [3.05, 3.63) is 28.3 Å².